The first-order chi connectivity index (χ1) is 9.75. The Kier molecular flexibility index (Phi) is 3.85. The maximum absolute atomic E-state index is 12.6. The predicted molar refractivity (Wildman–Crippen MR) is 81.4 cm³/mol. The summed E-state index contributed by atoms with van der Waals surface area (Å²) in [5.41, 5.74) is 8.71. The molecule has 1 aliphatic rings. The van der Waals surface area contributed by atoms with E-state index in [1.54, 1.807) is 11.3 Å². The van der Waals surface area contributed by atoms with Crippen molar-refractivity contribution >= 4 is 17.2 Å². The number of nitrogens with two attached hydrogens (primary N) is 1. The lowest BCUT2D eigenvalue weighted by Crippen LogP contribution is -2.37. The van der Waals surface area contributed by atoms with Gasteiger partial charge in [-0.3, -0.25) is 4.79 Å². The summed E-state index contributed by atoms with van der Waals surface area (Å²) in [5.74, 6) is 0.0316. The van der Waals surface area contributed by atoms with E-state index in [2.05, 4.69) is 18.2 Å². The summed E-state index contributed by atoms with van der Waals surface area (Å²) in [5, 5.41) is 1.96. The molecule has 0 bridgehead atoms. The summed E-state index contributed by atoms with van der Waals surface area (Å²) in [7, 11) is 0. The van der Waals surface area contributed by atoms with E-state index >= 15 is 0 Å². The van der Waals surface area contributed by atoms with Crippen LogP contribution in [-0.2, 0) is 17.8 Å². The first kappa shape index (κ1) is 13.3. The van der Waals surface area contributed by atoms with Crippen LogP contribution in [-0.4, -0.2) is 17.4 Å². The molecule has 0 radical (unpaired) electrons. The van der Waals surface area contributed by atoms with Crippen molar-refractivity contribution in [1.82, 2.24) is 4.90 Å². The predicted octanol–water partition coefficient (Wildman–Crippen LogP) is 2.72. The van der Waals surface area contributed by atoms with E-state index in [1.807, 2.05) is 28.5 Å². The molecule has 1 aromatic carbocycles. The van der Waals surface area contributed by atoms with Crippen LogP contribution < -0.4 is 5.73 Å². The van der Waals surface area contributed by atoms with Gasteiger partial charge in [0.05, 0.1) is 0 Å². The zero-order valence-corrected chi connectivity index (χ0v) is 12.1. The Morgan fingerprint density at radius 3 is 2.75 bits per heavy atom. The summed E-state index contributed by atoms with van der Waals surface area (Å²) in [6.07, 6.45) is 2.04. The molecule has 0 aliphatic carbocycles. The smallest absolute Gasteiger partial charge is 0.245 e. The van der Waals surface area contributed by atoms with E-state index in [0.717, 1.165) is 24.3 Å². The molecular weight excluding hydrogens is 268 g/mol. The van der Waals surface area contributed by atoms with Gasteiger partial charge in [0.25, 0.3) is 0 Å². The number of benzene rings is 1. The Bertz CT molecular complexity index is 594. The fourth-order valence-electron chi connectivity index (χ4n) is 2.68. The third-order valence-corrected chi connectivity index (χ3v) is 4.74. The Hall–Kier alpha value is -1.65. The second-order valence-electron chi connectivity index (χ2n) is 5.13. The SMILES string of the molecule is NC(C(=O)N1CCCc2ccccc2C1)c1cccs1. The second-order valence-corrected chi connectivity index (χ2v) is 6.10. The maximum atomic E-state index is 12.6. The van der Waals surface area contributed by atoms with Crippen LogP contribution in [0.1, 0.15) is 28.5 Å². The Morgan fingerprint density at radius 2 is 2.00 bits per heavy atom. The standard InChI is InChI=1S/C16H18N2OS/c17-15(14-8-4-10-20-14)16(19)18-9-3-7-12-5-1-2-6-13(12)11-18/h1-2,4-6,8,10,15H,3,7,9,11,17H2. The average Bonchev–Trinajstić information content (AvgIpc) is 2.92. The van der Waals surface area contributed by atoms with E-state index in [4.69, 9.17) is 5.73 Å². The number of hydrogen-bond donors (Lipinski definition) is 1. The van der Waals surface area contributed by atoms with E-state index in [1.165, 1.54) is 11.1 Å². The summed E-state index contributed by atoms with van der Waals surface area (Å²) in [6.45, 7) is 1.46. The van der Waals surface area contributed by atoms with Crippen molar-refractivity contribution in [3.05, 3.63) is 57.8 Å². The molecule has 1 unspecified atom stereocenters. The highest BCUT2D eigenvalue weighted by molar-refractivity contribution is 7.10. The highest BCUT2D eigenvalue weighted by atomic mass is 32.1. The molecule has 2 N–H and O–H groups in total. The quantitative estimate of drug-likeness (QED) is 0.922. The molecule has 4 heteroatoms. The van der Waals surface area contributed by atoms with Crippen molar-refractivity contribution in [3.63, 3.8) is 0 Å². The third-order valence-electron chi connectivity index (χ3n) is 3.78. The number of fused-ring (bicyclic) bond motifs is 1. The van der Waals surface area contributed by atoms with Crippen LogP contribution in [0, 0.1) is 0 Å². The van der Waals surface area contributed by atoms with Gasteiger partial charge in [0.2, 0.25) is 5.91 Å². The Balaban J connectivity index is 1.79. The molecule has 3 nitrogen and oxygen atoms in total. The molecule has 104 valence electrons. The van der Waals surface area contributed by atoms with Crippen molar-refractivity contribution in [3.8, 4) is 0 Å². The molecule has 0 spiro atoms. The lowest BCUT2D eigenvalue weighted by molar-refractivity contribution is -0.133. The van der Waals surface area contributed by atoms with Crippen LogP contribution in [0.4, 0.5) is 0 Å². The van der Waals surface area contributed by atoms with Crippen molar-refractivity contribution < 1.29 is 4.79 Å². The lowest BCUT2D eigenvalue weighted by atomic mass is 10.0. The molecule has 1 aliphatic heterocycles. The van der Waals surface area contributed by atoms with Crippen LogP contribution >= 0.6 is 11.3 Å². The molecule has 2 heterocycles. The summed E-state index contributed by atoms with van der Waals surface area (Å²) < 4.78 is 0. The van der Waals surface area contributed by atoms with Crippen molar-refractivity contribution in [2.45, 2.75) is 25.4 Å². The fourth-order valence-corrected chi connectivity index (χ4v) is 3.39. The number of hydrogen-bond acceptors (Lipinski definition) is 3. The molecule has 2 aromatic rings. The minimum Gasteiger partial charge on any atom is -0.337 e. The van der Waals surface area contributed by atoms with Gasteiger partial charge in [-0.05, 0) is 35.4 Å². The van der Waals surface area contributed by atoms with Crippen LogP contribution in [0.5, 0.6) is 0 Å². The number of nitrogens with zero attached hydrogens (tertiary/aromatic N) is 1. The third kappa shape index (κ3) is 2.62. The fraction of sp³-hybridized carbons (Fsp3) is 0.312. The van der Waals surface area contributed by atoms with E-state index < -0.39 is 6.04 Å². The molecule has 0 saturated heterocycles. The van der Waals surface area contributed by atoms with Gasteiger partial charge in [0.15, 0.2) is 0 Å². The second kappa shape index (κ2) is 5.77. The number of carbonyl (C=O) groups is 1. The summed E-state index contributed by atoms with van der Waals surface area (Å²) in [4.78, 5) is 15.4. The number of carbonyl (C=O) groups excluding carboxylic acids is 1. The van der Waals surface area contributed by atoms with Crippen molar-refractivity contribution in [2.75, 3.05) is 6.54 Å². The van der Waals surface area contributed by atoms with Gasteiger partial charge in [-0.15, -0.1) is 11.3 Å². The summed E-state index contributed by atoms with van der Waals surface area (Å²) >= 11 is 1.54. The molecule has 1 amide bonds. The Labute approximate surface area is 123 Å². The first-order valence-corrected chi connectivity index (χ1v) is 7.78. The molecule has 3 rings (SSSR count). The van der Waals surface area contributed by atoms with Gasteiger partial charge in [-0.2, -0.15) is 0 Å². The van der Waals surface area contributed by atoms with Crippen LogP contribution in [0.15, 0.2) is 41.8 Å². The highest BCUT2D eigenvalue weighted by Gasteiger charge is 2.25. The van der Waals surface area contributed by atoms with Gasteiger partial charge in [-0.25, -0.2) is 0 Å². The Morgan fingerprint density at radius 1 is 1.20 bits per heavy atom. The van der Waals surface area contributed by atoms with Crippen LogP contribution in [0.25, 0.3) is 0 Å². The largest absolute Gasteiger partial charge is 0.337 e. The van der Waals surface area contributed by atoms with E-state index in [9.17, 15) is 4.79 Å². The number of amides is 1. The maximum Gasteiger partial charge on any atom is 0.245 e. The molecule has 1 atom stereocenters. The van der Waals surface area contributed by atoms with Crippen LogP contribution in [0.3, 0.4) is 0 Å². The highest BCUT2D eigenvalue weighted by Crippen LogP contribution is 2.23. The van der Waals surface area contributed by atoms with Gasteiger partial charge >= 0.3 is 0 Å². The molecular formula is C16H18N2OS. The van der Waals surface area contributed by atoms with E-state index in [0.29, 0.717) is 6.54 Å². The monoisotopic (exact) mass is 286 g/mol. The van der Waals surface area contributed by atoms with Crippen molar-refractivity contribution in [1.29, 1.82) is 0 Å². The molecule has 1 aromatic heterocycles. The summed E-state index contributed by atoms with van der Waals surface area (Å²) in [6, 6.07) is 11.7. The molecule has 20 heavy (non-hydrogen) atoms. The average molecular weight is 286 g/mol. The van der Waals surface area contributed by atoms with Crippen molar-refractivity contribution in [2.24, 2.45) is 5.73 Å². The lowest BCUT2D eigenvalue weighted by Gasteiger charge is -2.24. The first-order valence-electron chi connectivity index (χ1n) is 6.90. The topological polar surface area (TPSA) is 46.3 Å². The van der Waals surface area contributed by atoms with Gasteiger partial charge < -0.3 is 10.6 Å². The minimum atomic E-state index is -0.528. The number of rotatable bonds is 2. The van der Waals surface area contributed by atoms with Gasteiger partial charge in [-0.1, -0.05) is 30.3 Å². The van der Waals surface area contributed by atoms with Gasteiger partial charge in [0.1, 0.15) is 6.04 Å². The van der Waals surface area contributed by atoms with E-state index in [-0.39, 0.29) is 5.91 Å². The number of aryl methyl sites for hydroxylation is 1. The zero-order valence-electron chi connectivity index (χ0n) is 11.3. The molecule has 0 saturated carbocycles. The normalized spacial score (nSPS) is 16.4. The van der Waals surface area contributed by atoms with Crippen LogP contribution in [0.2, 0.25) is 0 Å². The minimum absolute atomic E-state index is 0.0316. The number of thiophene rings is 1. The zero-order chi connectivity index (χ0) is 13.9. The molecule has 0 fully saturated rings. The van der Waals surface area contributed by atoms with Gasteiger partial charge in [0, 0.05) is 18.0 Å².